The molecule has 0 fully saturated rings. The van der Waals surface area contributed by atoms with Gasteiger partial charge in [-0.3, -0.25) is 14.9 Å². The molecule has 6 nitrogen and oxygen atoms in total. The smallest absolute Gasteiger partial charge is 0.285 e. The zero-order valence-corrected chi connectivity index (χ0v) is 11.7. The van der Waals surface area contributed by atoms with Gasteiger partial charge in [-0.05, 0) is 29.8 Å². The van der Waals surface area contributed by atoms with Crippen molar-refractivity contribution in [3.05, 3.63) is 69.5 Å². The molecule has 0 aliphatic heterocycles. The molecule has 0 aromatic heterocycles. The molecule has 2 rings (SSSR count). The number of benzene rings is 2. The third kappa shape index (κ3) is 3.38. The number of rotatable bonds is 4. The summed E-state index contributed by atoms with van der Waals surface area (Å²) in [5, 5.41) is 20.1. The first-order valence-electron chi connectivity index (χ1n) is 6.36. The molecule has 0 heterocycles. The molecule has 2 aromatic carbocycles. The molecule has 0 aliphatic rings. The second-order valence-corrected chi connectivity index (χ2v) is 4.75. The van der Waals surface area contributed by atoms with Crippen molar-refractivity contribution in [1.29, 1.82) is 0 Å². The van der Waals surface area contributed by atoms with Gasteiger partial charge in [0.1, 0.15) is 17.1 Å². The van der Waals surface area contributed by atoms with Gasteiger partial charge in [-0.15, -0.1) is 0 Å². The van der Waals surface area contributed by atoms with Gasteiger partial charge >= 0.3 is 0 Å². The summed E-state index contributed by atoms with van der Waals surface area (Å²) < 4.78 is 13.1. The van der Waals surface area contributed by atoms with Crippen LogP contribution >= 0.6 is 0 Å². The maximum Gasteiger partial charge on any atom is 0.285 e. The van der Waals surface area contributed by atoms with Gasteiger partial charge in [-0.2, -0.15) is 0 Å². The molecule has 0 unspecified atom stereocenters. The number of phenols is 1. The summed E-state index contributed by atoms with van der Waals surface area (Å²) >= 11 is 0. The molecule has 1 amide bonds. The Morgan fingerprint density at radius 2 is 1.91 bits per heavy atom. The number of amides is 1. The first-order chi connectivity index (χ1) is 10.4. The average molecular weight is 304 g/mol. The molecule has 0 atom stereocenters. The molecule has 0 spiro atoms. The van der Waals surface area contributed by atoms with Crippen LogP contribution in [0.5, 0.6) is 5.75 Å². The van der Waals surface area contributed by atoms with E-state index in [-0.39, 0.29) is 17.9 Å². The molecule has 22 heavy (non-hydrogen) atoms. The average Bonchev–Trinajstić information content (AvgIpc) is 2.48. The lowest BCUT2D eigenvalue weighted by Crippen LogP contribution is -2.26. The number of halogens is 1. The van der Waals surface area contributed by atoms with Gasteiger partial charge < -0.3 is 10.0 Å². The molecule has 0 saturated heterocycles. The van der Waals surface area contributed by atoms with Crippen LogP contribution in [0.4, 0.5) is 10.1 Å². The van der Waals surface area contributed by atoms with Crippen molar-refractivity contribution in [2.75, 3.05) is 7.05 Å². The van der Waals surface area contributed by atoms with Gasteiger partial charge in [0.15, 0.2) is 0 Å². The normalized spacial score (nSPS) is 10.3. The van der Waals surface area contributed by atoms with Crippen LogP contribution in [0.3, 0.4) is 0 Å². The Balaban J connectivity index is 2.24. The summed E-state index contributed by atoms with van der Waals surface area (Å²) in [4.78, 5) is 23.7. The van der Waals surface area contributed by atoms with Gasteiger partial charge in [0.05, 0.1) is 11.0 Å². The van der Waals surface area contributed by atoms with E-state index in [0.717, 1.165) is 23.8 Å². The number of hydrogen-bond donors (Lipinski definition) is 1. The van der Waals surface area contributed by atoms with Gasteiger partial charge in [0.2, 0.25) is 0 Å². The van der Waals surface area contributed by atoms with Crippen LogP contribution in [0.1, 0.15) is 15.9 Å². The van der Waals surface area contributed by atoms with Gasteiger partial charge in [-0.1, -0.05) is 12.1 Å². The van der Waals surface area contributed by atoms with Crippen molar-refractivity contribution in [3.63, 3.8) is 0 Å². The van der Waals surface area contributed by atoms with Crippen LogP contribution in [-0.2, 0) is 6.54 Å². The Bertz CT molecular complexity index is 716. The van der Waals surface area contributed by atoms with E-state index < -0.39 is 22.3 Å². The molecule has 2 aromatic rings. The lowest BCUT2D eigenvalue weighted by atomic mass is 10.1. The van der Waals surface area contributed by atoms with E-state index in [1.807, 2.05) is 0 Å². The molecule has 0 bridgehead atoms. The van der Waals surface area contributed by atoms with Crippen molar-refractivity contribution in [3.8, 4) is 5.75 Å². The van der Waals surface area contributed by atoms with Crippen LogP contribution in [0.2, 0.25) is 0 Å². The van der Waals surface area contributed by atoms with E-state index in [9.17, 15) is 24.4 Å². The fraction of sp³-hybridized carbons (Fsp3) is 0.133. The van der Waals surface area contributed by atoms with Crippen molar-refractivity contribution >= 4 is 11.6 Å². The number of nitro benzene ring substituents is 1. The van der Waals surface area contributed by atoms with Crippen LogP contribution in [0.15, 0.2) is 42.5 Å². The minimum Gasteiger partial charge on any atom is -0.508 e. The Hall–Kier alpha value is -2.96. The third-order valence-electron chi connectivity index (χ3n) is 3.09. The number of hydrogen-bond acceptors (Lipinski definition) is 4. The molecular formula is C15H13FN2O4. The standard InChI is InChI=1S/C15H13FN2O4/c1-17(9-10-2-5-12(19)6-3-10)15(20)13-7-4-11(16)8-14(13)18(21)22/h2-8,19H,9H2,1H3. The number of phenolic OH excluding ortho intramolecular Hbond substituents is 1. The first-order valence-corrected chi connectivity index (χ1v) is 6.36. The maximum absolute atomic E-state index is 13.1. The van der Waals surface area contributed by atoms with Crippen LogP contribution in [0, 0.1) is 15.9 Å². The van der Waals surface area contributed by atoms with E-state index in [1.165, 1.54) is 24.1 Å². The van der Waals surface area contributed by atoms with E-state index >= 15 is 0 Å². The lowest BCUT2D eigenvalue weighted by molar-refractivity contribution is -0.385. The van der Waals surface area contributed by atoms with Crippen molar-refractivity contribution in [2.24, 2.45) is 0 Å². The van der Waals surface area contributed by atoms with Crippen LogP contribution < -0.4 is 0 Å². The second-order valence-electron chi connectivity index (χ2n) is 4.75. The third-order valence-corrected chi connectivity index (χ3v) is 3.09. The first kappa shape index (κ1) is 15.4. The highest BCUT2D eigenvalue weighted by molar-refractivity contribution is 5.97. The topological polar surface area (TPSA) is 83.7 Å². The summed E-state index contributed by atoms with van der Waals surface area (Å²) in [6, 6.07) is 9.07. The summed E-state index contributed by atoms with van der Waals surface area (Å²) in [7, 11) is 1.49. The Morgan fingerprint density at radius 1 is 1.27 bits per heavy atom. The number of carbonyl (C=O) groups excluding carboxylic acids is 1. The summed E-state index contributed by atoms with van der Waals surface area (Å²) in [6.07, 6.45) is 0. The SMILES string of the molecule is CN(Cc1ccc(O)cc1)C(=O)c1ccc(F)cc1[N+](=O)[O-]. The van der Waals surface area contributed by atoms with Gasteiger partial charge in [0, 0.05) is 13.6 Å². The van der Waals surface area contributed by atoms with Crippen LogP contribution in [-0.4, -0.2) is 27.9 Å². The second kappa shape index (κ2) is 6.21. The zero-order valence-electron chi connectivity index (χ0n) is 11.7. The summed E-state index contributed by atoms with van der Waals surface area (Å²) in [6.45, 7) is 0.202. The Morgan fingerprint density at radius 3 is 2.50 bits per heavy atom. The van der Waals surface area contributed by atoms with Crippen molar-refractivity contribution < 1.29 is 19.2 Å². The Kier molecular flexibility index (Phi) is 4.36. The van der Waals surface area contributed by atoms with E-state index in [2.05, 4.69) is 0 Å². The minimum absolute atomic E-state index is 0.104. The van der Waals surface area contributed by atoms with Gasteiger partial charge in [-0.25, -0.2) is 4.39 Å². The summed E-state index contributed by atoms with van der Waals surface area (Å²) in [5.41, 5.74) is 0.00801. The Labute approximate surface area is 125 Å². The molecule has 7 heteroatoms. The summed E-state index contributed by atoms with van der Waals surface area (Å²) in [5.74, 6) is -1.25. The zero-order chi connectivity index (χ0) is 16.3. The van der Waals surface area contributed by atoms with E-state index in [0.29, 0.717) is 0 Å². The molecule has 0 saturated carbocycles. The highest BCUT2D eigenvalue weighted by Gasteiger charge is 2.23. The molecule has 1 N–H and O–H groups in total. The predicted molar refractivity (Wildman–Crippen MR) is 77.0 cm³/mol. The maximum atomic E-state index is 13.1. The lowest BCUT2D eigenvalue weighted by Gasteiger charge is -2.17. The number of aromatic hydroxyl groups is 1. The highest BCUT2D eigenvalue weighted by atomic mass is 19.1. The quantitative estimate of drug-likeness (QED) is 0.695. The minimum atomic E-state index is -0.787. The van der Waals surface area contributed by atoms with Gasteiger partial charge in [0.25, 0.3) is 11.6 Å². The fourth-order valence-corrected chi connectivity index (χ4v) is 1.99. The molecular weight excluding hydrogens is 291 g/mol. The highest BCUT2D eigenvalue weighted by Crippen LogP contribution is 2.22. The fourth-order valence-electron chi connectivity index (χ4n) is 1.99. The number of carbonyl (C=O) groups is 1. The van der Waals surface area contributed by atoms with E-state index in [1.54, 1.807) is 12.1 Å². The molecule has 0 aliphatic carbocycles. The van der Waals surface area contributed by atoms with Crippen LogP contribution in [0.25, 0.3) is 0 Å². The number of nitro groups is 1. The number of nitrogens with zero attached hydrogens (tertiary/aromatic N) is 2. The predicted octanol–water partition coefficient (Wildman–Crippen LogP) is 2.71. The van der Waals surface area contributed by atoms with E-state index in [4.69, 9.17) is 0 Å². The molecule has 0 radical (unpaired) electrons. The van der Waals surface area contributed by atoms with Crippen molar-refractivity contribution in [2.45, 2.75) is 6.54 Å². The van der Waals surface area contributed by atoms with Crippen molar-refractivity contribution in [1.82, 2.24) is 4.90 Å². The molecule has 114 valence electrons. The monoisotopic (exact) mass is 304 g/mol. The largest absolute Gasteiger partial charge is 0.508 e.